The van der Waals surface area contributed by atoms with Crippen LogP contribution in [-0.2, 0) is 10.0 Å². The van der Waals surface area contributed by atoms with Crippen molar-refractivity contribution in [3.8, 4) is 6.07 Å². The summed E-state index contributed by atoms with van der Waals surface area (Å²) in [6, 6.07) is 4.37. The van der Waals surface area contributed by atoms with Gasteiger partial charge in [-0.05, 0) is 25.1 Å². The fraction of sp³-hybridized carbons (Fsp3) is 0.462. The Balaban J connectivity index is 2.15. The first kappa shape index (κ1) is 15.8. The van der Waals surface area contributed by atoms with E-state index in [0.717, 1.165) is 12.1 Å². The van der Waals surface area contributed by atoms with E-state index < -0.39 is 21.7 Å². The summed E-state index contributed by atoms with van der Waals surface area (Å²) in [5.41, 5.74) is 0. The maximum absolute atomic E-state index is 13.2. The lowest BCUT2D eigenvalue weighted by molar-refractivity contribution is 0.169. The van der Waals surface area contributed by atoms with Gasteiger partial charge in [0.05, 0.1) is 17.0 Å². The molecule has 1 heterocycles. The Morgan fingerprint density at radius 1 is 1.19 bits per heavy atom. The normalized spacial score (nSPS) is 19.1. The van der Waals surface area contributed by atoms with E-state index in [2.05, 4.69) is 6.07 Å². The van der Waals surface area contributed by atoms with Gasteiger partial charge < -0.3 is 0 Å². The van der Waals surface area contributed by atoms with Gasteiger partial charge in [-0.3, -0.25) is 4.90 Å². The minimum atomic E-state index is -3.84. The highest BCUT2D eigenvalue weighted by Crippen LogP contribution is 2.20. The molecule has 0 spiro atoms. The van der Waals surface area contributed by atoms with E-state index in [1.165, 1.54) is 4.31 Å². The van der Waals surface area contributed by atoms with Crippen LogP contribution in [0.5, 0.6) is 0 Å². The number of hydrogen-bond acceptors (Lipinski definition) is 4. The maximum atomic E-state index is 13.2. The molecule has 1 aliphatic heterocycles. The van der Waals surface area contributed by atoms with Crippen molar-refractivity contribution in [2.24, 2.45) is 0 Å². The van der Waals surface area contributed by atoms with Gasteiger partial charge >= 0.3 is 0 Å². The summed E-state index contributed by atoms with van der Waals surface area (Å²) in [7, 11) is -3.84. The summed E-state index contributed by atoms with van der Waals surface area (Å²) in [5.74, 6) is -2.27. The van der Waals surface area contributed by atoms with Gasteiger partial charge in [0.15, 0.2) is 11.6 Å². The van der Waals surface area contributed by atoms with Crippen molar-refractivity contribution in [1.82, 2.24) is 9.21 Å². The van der Waals surface area contributed by atoms with Crippen LogP contribution in [0.2, 0.25) is 0 Å². The van der Waals surface area contributed by atoms with Crippen LogP contribution in [0.1, 0.15) is 6.92 Å². The largest absolute Gasteiger partial charge is 0.286 e. The van der Waals surface area contributed by atoms with Crippen LogP contribution >= 0.6 is 0 Å². The summed E-state index contributed by atoms with van der Waals surface area (Å²) >= 11 is 0. The molecule has 21 heavy (non-hydrogen) atoms. The Hall–Kier alpha value is -1.56. The van der Waals surface area contributed by atoms with Gasteiger partial charge in [0, 0.05) is 26.2 Å². The van der Waals surface area contributed by atoms with Crippen LogP contribution in [0.25, 0.3) is 0 Å². The third-order valence-electron chi connectivity index (χ3n) is 3.54. The number of halogens is 2. The van der Waals surface area contributed by atoms with Crippen molar-refractivity contribution < 1.29 is 17.2 Å². The molecule has 0 aromatic heterocycles. The molecule has 2 rings (SSSR count). The minimum absolute atomic E-state index is 0.216. The zero-order chi connectivity index (χ0) is 15.6. The number of benzene rings is 1. The monoisotopic (exact) mass is 315 g/mol. The Morgan fingerprint density at radius 2 is 1.81 bits per heavy atom. The highest BCUT2D eigenvalue weighted by Gasteiger charge is 2.30. The van der Waals surface area contributed by atoms with Gasteiger partial charge in [-0.25, -0.2) is 17.2 Å². The quantitative estimate of drug-likeness (QED) is 0.840. The van der Waals surface area contributed by atoms with Crippen LogP contribution < -0.4 is 0 Å². The molecule has 114 valence electrons. The number of rotatable bonds is 3. The third kappa shape index (κ3) is 3.20. The van der Waals surface area contributed by atoms with Crippen molar-refractivity contribution in [2.45, 2.75) is 17.9 Å². The summed E-state index contributed by atoms with van der Waals surface area (Å²) in [6.07, 6.45) is 0. The van der Waals surface area contributed by atoms with E-state index in [0.29, 0.717) is 19.2 Å². The van der Waals surface area contributed by atoms with Crippen molar-refractivity contribution in [3.63, 3.8) is 0 Å². The van der Waals surface area contributed by atoms with Crippen molar-refractivity contribution in [1.29, 1.82) is 5.26 Å². The number of piperazine rings is 1. The summed E-state index contributed by atoms with van der Waals surface area (Å²) < 4.78 is 52.0. The smallest absolute Gasteiger partial charge is 0.243 e. The second-order valence-electron chi connectivity index (χ2n) is 4.82. The van der Waals surface area contributed by atoms with E-state index in [1.807, 2.05) is 4.90 Å². The zero-order valence-corrected chi connectivity index (χ0v) is 12.3. The van der Waals surface area contributed by atoms with Gasteiger partial charge in [0.1, 0.15) is 0 Å². The van der Waals surface area contributed by atoms with Crippen LogP contribution in [0.15, 0.2) is 23.1 Å². The molecule has 1 aliphatic rings. The molecule has 0 saturated carbocycles. The van der Waals surface area contributed by atoms with E-state index in [-0.39, 0.29) is 24.0 Å². The van der Waals surface area contributed by atoms with Crippen LogP contribution in [0, 0.1) is 23.0 Å². The molecule has 0 bridgehead atoms. The molecule has 8 heteroatoms. The Labute approximate surface area is 122 Å². The lowest BCUT2D eigenvalue weighted by atomic mass is 10.2. The van der Waals surface area contributed by atoms with Gasteiger partial charge in [-0.2, -0.15) is 9.57 Å². The molecular formula is C13H15F2N3O2S. The first-order chi connectivity index (χ1) is 9.86. The van der Waals surface area contributed by atoms with Crippen LogP contribution in [0.3, 0.4) is 0 Å². The van der Waals surface area contributed by atoms with Gasteiger partial charge in [0.2, 0.25) is 10.0 Å². The zero-order valence-electron chi connectivity index (χ0n) is 11.5. The SMILES string of the molecule is CC(C#N)N1CCN(S(=O)(=O)c2ccc(F)c(F)c2)CC1. The second kappa shape index (κ2) is 6.05. The summed E-state index contributed by atoms with van der Waals surface area (Å²) in [5, 5.41) is 8.85. The number of sulfonamides is 1. The summed E-state index contributed by atoms with van der Waals surface area (Å²) in [6.45, 7) is 3.04. The molecule has 1 atom stereocenters. The number of hydrogen-bond donors (Lipinski definition) is 0. The molecule has 1 saturated heterocycles. The Morgan fingerprint density at radius 3 is 2.33 bits per heavy atom. The third-order valence-corrected chi connectivity index (χ3v) is 5.43. The van der Waals surface area contributed by atoms with Crippen LogP contribution in [0.4, 0.5) is 8.78 Å². The molecule has 1 fully saturated rings. The Kier molecular flexibility index (Phi) is 4.56. The average Bonchev–Trinajstić information content (AvgIpc) is 2.49. The van der Waals surface area contributed by atoms with E-state index in [4.69, 9.17) is 5.26 Å². The van der Waals surface area contributed by atoms with Gasteiger partial charge in [-0.15, -0.1) is 0 Å². The lowest BCUT2D eigenvalue weighted by Crippen LogP contribution is -2.50. The molecule has 1 unspecified atom stereocenters. The molecule has 5 nitrogen and oxygen atoms in total. The predicted octanol–water partition coefficient (Wildman–Crippen LogP) is 1.18. The predicted molar refractivity (Wildman–Crippen MR) is 71.8 cm³/mol. The highest BCUT2D eigenvalue weighted by atomic mass is 32.2. The number of nitrogens with zero attached hydrogens (tertiary/aromatic N) is 3. The van der Waals surface area contributed by atoms with Crippen molar-refractivity contribution >= 4 is 10.0 Å². The first-order valence-electron chi connectivity index (χ1n) is 6.45. The van der Waals surface area contributed by atoms with Gasteiger partial charge in [0.25, 0.3) is 0 Å². The van der Waals surface area contributed by atoms with E-state index in [1.54, 1.807) is 6.92 Å². The molecule has 0 aliphatic carbocycles. The lowest BCUT2D eigenvalue weighted by Gasteiger charge is -2.35. The fourth-order valence-corrected chi connectivity index (χ4v) is 3.63. The Bertz CT molecular complexity index is 664. The molecule has 1 aromatic rings. The van der Waals surface area contributed by atoms with Gasteiger partial charge in [-0.1, -0.05) is 0 Å². The molecule has 1 aromatic carbocycles. The second-order valence-corrected chi connectivity index (χ2v) is 6.76. The van der Waals surface area contributed by atoms with E-state index in [9.17, 15) is 17.2 Å². The van der Waals surface area contributed by atoms with Crippen molar-refractivity contribution in [3.05, 3.63) is 29.8 Å². The molecular weight excluding hydrogens is 300 g/mol. The average molecular weight is 315 g/mol. The molecule has 0 radical (unpaired) electrons. The summed E-state index contributed by atoms with van der Waals surface area (Å²) in [4.78, 5) is 1.61. The first-order valence-corrected chi connectivity index (χ1v) is 7.89. The molecule has 0 amide bonds. The standard InChI is InChI=1S/C13H15F2N3O2S/c1-10(9-16)17-4-6-18(7-5-17)21(19,20)11-2-3-12(14)13(15)8-11/h2-3,8,10H,4-7H2,1H3. The van der Waals surface area contributed by atoms with Crippen molar-refractivity contribution in [2.75, 3.05) is 26.2 Å². The topological polar surface area (TPSA) is 64.4 Å². The highest BCUT2D eigenvalue weighted by molar-refractivity contribution is 7.89. The molecule has 0 N–H and O–H groups in total. The maximum Gasteiger partial charge on any atom is 0.243 e. The van der Waals surface area contributed by atoms with E-state index >= 15 is 0 Å². The fourth-order valence-electron chi connectivity index (χ4n) is 2.20. The minimum Gasteiger partial charge on any atom is -0.286 e. The van der Waals surface area contributed by atoms with Crippen LogP contribution in [-0.4, -0.2) is 49.8 Å². The number of nitriles is 1.